The van der Waals surface area contributed by atoms with Crippen molar-refractivity contribution in [1.82, 2.24) is 4.90 Å². The molecule has 0 amide bonds. The van der Waals surface area contributed by atoms with E-state index in [4.69, 9.17) is 0 Å². The van der Waals surface area contributed by atoms with Gasteiger partial charge in [-0.15, -0.1) is 0 Å². The zero-order chi connectivity index (χ0) is 12.8. The van der Waals surface area contributed by atoms with Crippen molar-refractivity contribution in [3.63, 3.8) is 0 Å². The fraction of sp³-hybridized carbons (Fsp3) is 0.467. The van der Waals surface area contributed by atoms with E-state index in [-0.39, 0.29) is 0 Å². The Labute approximate surface area is 105 Å². The number of allylic oxidation sites excluding steroid dienone is 1. The van der Waals surface area contributed by atoms with E-state index in [2.05, 4.69) is 39.8 Å². The summed E-state index contributed by atoms with van der Waals surface area (Å²) in [7, 11) is 0. The average molecular weight is 233 g/mol. The number of benzene rings is 1. The third kappa shape index (κ3) is 4.14. The first kappa shape index (κ1) is 13.6. The van der Waals surface area contributed by atoms with E-state index in [0.717, 1.165) is 6.42 Å². The Morgan fingerprint density at radius 1 is 1.12 bits per heavy atom. The number of aliphatic hydroxyl groups is 1. The number of nitrogens with zero attached hydrogens (tertiary/aromatic N) is 1. The van der Waals surface area contributed by atoms with Crippen LogP contribution in [-0.2, 0) is 6.42 Å². The summed E-state index contributed by atoms with van der Waals surface area (Å²) >= 11 is 0. The molecule has 0 saturated carbocycles. The molecule has 17 heavy (non-hydrogen) atoms. The number of aliphatic hydroxyl groups excluding tert-OH is 1. The normalized spacial score (nSPS) is 12.2. The van der Waals surface area contributed by atoms with Gasteiger partial charge in [0.05, 0.1) is 0 Å². The second-order valence-corrected chi connectivity index (χ2v) is 4.85. The van der Waals surface area contributed by atoms with Crippen molar-refractivity contribution in [2.45, 2.75) is 46.2 Å². The molecule has 2 nitrogen and oxygen atoms in total. The molecule has 0 atom stereocenters. The fourth-order valence-corrected chi connectivity index (χ4v) is 2.05. The van der Waals surface area contributed by atoms with Crippen molar-refractivity contribution in [2.24, 2.45) is 0 Å². The van der Waals surface area contributed by atoms with E-state index in [1.165, 1.54) is 5.56 Å². The van der Waals surface area contributed by atoms with Crippen LogP contribution in [0.1, 0.15) is 33.3 Å². The van der Waals surface area contributed by atoms with Crippen LogP contribution in [0.25, 0.3) is 0 Å². The molecule has 0 spiro atoms. The van der Waals surface area contributed by atoms with Gasteiger partial charge in [0, 0.05) is 12.1 Å². The molecule has 0 aliphatic rings. The van der Waals surface area contributed by atoms with Crippen LogP contribution in [0.3, 0.4) is 0 Å². The molecule has 0 saturated heterocycles. The molecule has 0 bridgehead atoms. The third-order valence-corrected chi connectivity index (χ3v) is 2.74. The summed E-state index contributed by atoms with van der Waals surface area (Å²) < 4.78 is 0. The van der Waals surface area contributed by atoms with Crippen LogP contribution in [-0.4, -0.2) is 22.1 Å². The molecule has 0 radical (unpaired) electrons. The van der Waals surface area contributed by atoms with Gasteiger partial charge in [0.2, 0.25) is 0 Å². The van der Waals surface area contributed by atoms with E-state index in [9.17, 15) is 5.11 Å². The van der Waals surface area contributed by atoms with Gasteiger partial charge in [0.15, 0.2) is 5.88 Å². The monoisotopic (exact) mass is 233 g/mol. The minimum absolute atomic E-state index is 0.307. The SMILES string of the molecule is CC(C)N(/C(O)=C\Cc1ccccc1)C(C)C. The molecule has 0 aliphatic heterocycles. The lowest BCUT2D eigenvalue weighted by Crippen LogP contribution is -2.36. The molecule has 0 aromatic heterocycles. The first-order valence-electron chi connectivity index (χ1n) is 6.23. The lowest BCUT2D eigenvalue weighted by atomic mass is 10.1. The standard InChI is InChI=1S/C15H23NO/c1-12(2)16(13(3)4)15(17)11-10-14-8-6-5-7-9-14/h5-9,11-13,17H,10H2,1-4H3/b15-11+. The second kappa shape index (κ2) is 6.33. The van der Waals surface area contributed by atoms with E-state index in [0.29, 0.717) is 18.0 Å². The second-order valence-electron chi connectivity index (χ2n) is 4.85. The summed E-state index contributed by atoms with van der Waals surface area (Å²) in [5.74, 6) is 0.374. The number of hydrogen-bond acceptors (Lipinski definition) is 2. The summed E-state index contributed by atoms with van der Waals surface area (Å²) in [5, 5.41) is 10.1. The Morgan fingerprint density at radius 2 is 1.65 bits per heavy atom. The van der Waals surface area contributed by atoms with E-state index in [1.54, 1.807) is 0 Å². The maximum atomic E-state index is 10.1. The zero-order valence-corrected chi connectivity index (χ0v) is 11.2. The van der Waals surface area contributed by atoms with Crippen LogP contribution in [0.4, 0.5) is 0 Å². The Hall–Kier alpha value is -1.44. The highest BCUT2D eigenvalue weighted by atomic mass is 16.3. The summed E-state index contributed by atoms with van der Waals surface area (Å²) in [4.78, 5) is 2.02. The minimum Gasteiger partial charge on any atom is -0.495 e. The Balaban J connectivity index is 2.71. The van der Waals surface area contributed by atoms with Crippen LogP contribution in [0.2, 0.25) is 0 Å². The van der Waals surface area contributed by atoms with Crippen molar-refractivity contribution in [3.8, 4) is 0 Å². The van der Waals surface area contributed by atoms with Crippen LogP contribution >= 0.6 is 0 Å². The van der Waals surface area contributed by atoms with Crippen LogP contribution < -0.4 is 0 Å². The smallest absolute Gasteiger partial charge is 0.183 e. The van der Waals surface area contributed by atoms with Crippen LogP contribution in [0.5, 0.6) is 0 Å². The Morgan fingerprint density at radius 3 is 2.12 bits per heavy atom. The minimum atomic E-state index is 0.307. The zero-order valence-electron chi connectivity index (χ0n) is 11.2. The predicted molar refractivity (Wildman–Crippen MR) is 73.0 cm³/mol. The molecule has 0 fully saturated rings. The molecule has 0 aliphatic carbocycles. The quantitative estimate of drug-likeness (QED) is 0.783. The molecule has 1 rings (SSSR count). The summed E-state index contributed by atoms with van der Waals surface area (Å²) in [6, 6.07) is 10.8. The maximum Gasteiger partial charge on any atom is 0.183 e. The third-order valence-electron chi connectivity index (χ3n) is 2.74. The summed E-state index contributed by atoms with van der Waals surface area (Å²) in [5.41, 5.74) is 1.21. The van der Waals surface area contributed by atoms with E-state index < -0.39 is 0 Å². The molecular formula is C15H23NO. The summed E-state index contributed by atoms with van der Waals surface area (Å²) in [6.45, 7) is 8.36. The van der Waals surface area contributed by atoms with Crippen molar-refractivity contribution < 1.29 is 5.11 Å². The van der Waals surface area contributed by atoms with Crippen molar-refractivity contribution >= 4 is 0 Å². The molecule has 1 N–H and O–H groups in total. The van der Waals surface area contributed by atoms with Crippen LogP contribution in [0.15, 0.2) is 42.3 Å². The summed E-state index contributed by atoms with van der Waals surface area (Å²) in [6.07, 6.45) is 2.65. The van der Waals surface area contributed by atoms with E-state index >= 15 is 0 Å². The molecule has 94 valence electrons. The molecule has 1 aromatic carbocycles. The molecule has 0 unspecified atom stereocenters. The predicted octanol–water partition coefficient (Wildman–Crippen LogP) is 3.75. The van der Waals surface area contributed by atoms with Gasteiger partial charge in [-0.1, -0.05) is 30.3 Å². The molecule has 0 heterocycles. The largest absolute Gasteiger partial charge is 0.495 e. The van der Waals surface area contributed by atoms with Crippen molar-refractivity contribution in [3.05, 3.63) is 47.9 Å². The van der Waals surface area contributed by atoms with Crippen LogP contribution in [0, 0.1) is 0 Å². The first-order chi connectivity index (χ1) is 8.02. The highest BCUT2D eigenvalue weighted by molar-refractivity contribution is 5.18. The van der Waals surface area contributed by atoms with Gasteiger partial charge < -0.3 is 10.0 Å². The van der Waals surface area contributed by atoms with Gasteiger partial charge in [0.25, 0.3) is 0 Å². The maximum absolute atomic E-state index is 10.1. The van der Waals surface area contributed by atoms with Gasteiger partial charge in [0.1, 0.15) is 0 Å². The molecule has 2 heteroatoms. The molecular weight excluding hydrogens is 210 g/mol. The van der Waals surface area contributed by atoms with Gasteiger partial charge in [-0.05, 0) is 45.8 Å². The van der Waals surface area contributed by atoms with Crippen molar-refractivity contribution in [1.29, 1.82) is 0 Å². The topological polar surface area (TPSA) is 23.5 Å². The molecule has 1 aromatic rings. The first-order valence-corrected chi connectivity index (χ1v) is 6.23. The van der Waals surface area contributed by atoms with Gasteiger partial charge in [-0.25, -0.2) is 0 Å². The number of hydrogen-bond donors (Lipinski definition) is 1. The van der Waals surface area contributed by atoms with Gasteiger partial charge >= 0.3 is 0 Å². The average Bonchev–Trinajstić information content (AvgIpc) is 2.27. The fourth-order valence-electron chi connectivity index (χ4n) is 2.05. The Bertz CT molecular complexity index is 346. The Kier molecular flexibility index (Phi) is 5.08. The number of rotatable bonds is 5. The lowest BCUT2D eigenvalue weighted by molar-refractivity contribution is 0.133. The van der Waals surface area contributed by atoms with Gasteiger partial charge in [-0.2, -0.15) is 0 Å². The highest BCUT2D eigenvalue weighted by Crippen LogP contribution is 2.13. The highest BCUT2D eigenvalue weighted by Gasteiger charge is 2.15. The van der Waals surface area contributed by atoms with Crippen molar-refractivity contribution in [2.75, 3.05) is 0 Å². The van der Waals surface area contributed by atoms with E-state index in [1.807, 2.05) is 29.2 Å². The van der Waals surface area contributed by atoms with Gasteiger partial charge in [-0.3, -0.25) is 0 Å². The lowest BCUT2D eigenvalue weighted by Gasteiger charge is -2.31.